The summed E-state index contributed by atoms with van der Waals surface area (Å²) in [4.78, 5) is 0. The lowest BCUT2D eigenvalue weighted by Crippen LogP contribution is -2.36. The number of rotatable bonds is 0. The van der Waals surface area contributed by atoms with Gasteiger partial charge in [0.2, 0.25) is 0 Å². The van der Waals surface area contributed by atoms with Crippen LogP contribution in [-0.2, 0) is 0 Å². The molecule has 0 radical (unpaired) electrons. The molecule has 0 heterocycles. The molecule has 0 aromatic carbocycles. The van der Waals surface area contributed by atoms with Gasteiger partial charge in [0, 0.05) is 12.8 Å². The van der Waals surface area contributed by atoms with Gasteiger partial charge < -0.3 is 10.2 Å². The molecule has 0 bridgehead atoms. The van der Waals surface area contributed by atoms with Gasteiger partial charge in [-0.05, 0) is 24.2 Å². The van der Waals surface area contributed by atoms with E-state index in [4.69, 9.17) is 0 Å². The first-order valence-corrected chi connectivity index (χ1v) is 4.76. The van der Waals surface area contributed by atoms with E-state index in [2.05, 4.69) is 20.8 Å². The zero-order chi connectivity index (χ0) is 9.41. The molecule has 0 aromatic heterocycles. The normalized spacial score (nSPS) is 25.8. The van der Waals surface area contributed by atoms with Crippen LogP contribution < -0.4 is 0 Å². The van der Waals surface area contributed by atoms with E-state index >= 15 is 0 Å². The van der Waals surface area contributed by atoms with Crippen LogP contribution in [0.2, 0.25) is 0 Å². The number of hydrogen-bond acceptors (Lipinski definition) is 2. The molecule has 1 fully saturated rings. The van der Waals surface area contributed by atoms with E-state index in [-0.39, 0.29) is 0 Å². The molecule has 1 rings (SSSR count). The SMILES string of the molecule is CC(C)(C)C1CCC(O)(O)CC1. The van der Waals surface area contributed by atoms with Crippen molar-refractivity contribution in [3.05, 3.63) is 0 Å². The van der Waals surface area contributed by atoms with Crippen molar-refractivity contribution < 1.29 is 10.2 Å². The van der Waals surface area contributed by atoms with Crippen molar-refractivity contribution >= 4 is 0 Å². The highest BCUT2D eigenvalue weighted by Crippen LogP contribution is 2.40. The topological polar surface area (TPSA) is 40.5 Å². The maximum atomic E-state index is 9.31. The van der Waals surface area contributed by atoms with Crippen LogP contribution >= 0.6 is 0 Å². The predicted molar refractivity (Wildman–Crippen MR) is 48.6 cm³/mol. The molecule has 1 aliphatic rings. The van der Waals surface area contributed by atoms with Gasteiger partial charge in [0.05, 0.1) is 0 Å². The Morgan fingerprint density at radius 3 is 1.83 bits per heavy atom. The lowest BCUT2D eigenvalue weighted by atomic mass is 9.71. The molecule has 1 saturated carbocycles. The largest absolute Gasteiger partial charge is 0.366 e. The summed E-state index contributed by atoms with van der Waals surface area (Å²) in [7, 11) is 0. The van der Waals surface area contributed by atoms with Gasteiger partial charge in [-0.25, -0.2) is 0 Å². The van der Waals surface area contributed by atoms with Crippen molar-refractivity contribution in [2.45, 2.75) is 52.2 Å². The fraction of sp³-hybridized carbons (Fsp3) is 1.00. The molecule has 0 saturated heterocycles. The summed E-state index contributed by atoms with van der Waals surface area (Å²) in [5, 5.41) is 18.6. The van der Waals surface area contributed by atoms with Crippen molar-refractivity contribution in [3.63, 3.8) is 0 Å². The monoisotopic (exact) mass is 172 g/mol. The van der Waals surface area contributed by atoms with Crippen molar-refractivity contribution in [2.24, 2.45) is 11.3 Å². The summed E-state index contributed by atoms with van der Waals surface area (Å²) in [5.74, 6) is -0.730. The molecular formula is C10H20O2. The van der Waals surface area contributed by atoms with Gasteiger partial charge >= 0.3 is 0 Å². The van der Waals surface area contributed by atoms with Crippen molar-refractivity contribution in [1.29, 1.82) is 0 Å². The zero-order valence-corrected chi connectivity index (χ0v) is 8.30. The molecule has 2 heteroatoms. The Kier molecular flexibility index (Phi) is 2.50. The summed E-state index contributed by atoms with van der Waals surface area (Å²) < 4.78 is 0. The van der Waals surface area contributed by atoms with Crippen LogP contribution in [0.5, 0.6) is 0 Å². The van der Waals surface area contributed by atoms with Crippen molar-refractivity contribution in [1.82, 2.24) is 0 Å². The Balaban J connectivity index is 2.47. The van der Waals surface area contributed by atoms with Crippen LogP contribution in [0.1, 0.15) is 46.5 Å². The quantitative estimate of drug-likeness (QED) is 0.548. The summed E-state index contributed by atoms with van der Waals surface area (Å²) >= 11 is 0. The summed E-state index contributed by atoms with van der Waals surface area (Å²) in [6.45, 7) is 6.66. The minimum absolute atomic E-state index is 0.316. The van der Waals surface area contributed by atoms with E-state index in [1.165, 1.54) is 0 Å². The average molecular weight is 172 g/mol. The average Bonchev–Trinajstić information content (AvgIpc) is 1.83. The molecule has 12 heavy (non-hydrogen) atoms. The minimum Gasteiger partial charge on any atom is -0.366 e. The lowest BCUT2D eigenvalue weighted by molar-refractivity contribution is -0.190. The fourth-order valence-electron chi connectivity index (χ4n) is 1.95. The highest BCUT2D eigenvalue weighted by molar-refractivity contribution is 4.82. The molecule has 0 spiro atoms. The number of aliphatic hydroxyl groups is 2. The second kappa shape index (κ2) is 3.00. The summed E-state index contributed by atoms with van der Waals surface area (Å²) in [6, 6.07) is 0. The van der Waals surface area contributed by atoms with E-state index in [0.29, 0.717) is 24.2 Å². The van der Waals surface area contributed by atoms with Gasteiger partial charge in [-0.2, -0.15) is 0 Å². The van der Waals surface area contributed by atoms with E-state index < -0.39 is 5.79 Å². The Bertz CT molecular complexity index is 146. The summed E-state index contributed by atoms with van der Waals surface area (Å²) in [5.41, 5.74) is 0.316. The van der Waals surface area contributed by atoms with Crippen LogP contribution in [0, 0.1) is 11.3 Å². The zero-order valence-electron chi connectivity index (χ0n) is 8.30. The van der Waals surface area contributed by atoms with Crippen molar-refractivity contribution in [2.75, 3.05) is 0 Å². The van der Waals surface area contributed by atoms with E-state index in [1.54, 1.807) is 0 Å². The van der Waals surface area contributed by atoms with Crippen LogP contribution in [0.15, 0.2) is 0 Å². The number of hydrogen-bond donors (Lipinski definition) is 2. The standard InChI is InChI=1S/C10H20O2/c1-9(2,3)8-4-6-10(11,12)7-5-8/h8,11-12H,4-7H2,1-3H3. The van der Waals surface area contributed by atoms with Gasteiger partial charge in [0.25, 0.3) is 0 Å². The molecular weight excluding hydrogens is 152 g/mol. The first kappa shape index (κ1) is 10.0. The van der Waals surface area contributed by atoms with E-state index in [1.807, 2.05) is 0 Å². The fourth-order valence-corrected chi connectivity index (χ4v) is 1.95. The third kappa shape index (κ3) is 2.46. The molecule has 0 amide bonds. The molecule has 2 nitrogen and oxygen atoms in total. The molecule has 0 atom stereocenters. The van der Waals surface area contributed by atoms with Crippen molar-refractivity contribution in [3.8, 4) is 0 Å². The van der Waals surface area contributed by atoms with Gasteiger partial charge in [-0.15, -0.1) is 0 Å². The van der Waals surface area contributed by atoms with Gasteiger partial charge in [0.1, 0.15) is 0 Å². The minimum atomic E-state index is -1.37. The Hall–Kier alpha value is -0.0800. The van der Waals surface area contributed by atoms with Crippen LogP contribution in [0.4, 0.5) is 0 Å². The van der Waals surface area contributed by atoms with Gasteiger partial charge in [-0.1, -0.05) is 20.8 Å². The van der Waals surface area contributed by atoms with E-state index in [0.717, 1.165) is 12.8 Å². The molecule has 0 aromatic rings. The molecule has 1 aliphatic carbocycles. The Morgan fingerprint density at radius 1 is 1.08 bits per heavy atom. The van der Waals surface area contributed by atoms with Gasteiger partial charge in [-0.3, -0.25) is 0 Å². The molecule has 72 valence electrons. The van der Waals surface area contributed by atoms with Gasteiger partial charge in [0.15, 0.2) is 5.79 Å². The molecule has 2 N–H and O–H groups in total. The maximum Gasteiger partial charge on any atom is 0.162 e. The van der Waals surface area contributed by atoms with Crippen LogP contribution in [0.3, 0.4) is 0 Å². The highest BCUT2D eigenvalue weighted by Gasteiger charge is 2.35. The first-order chi connectivity index (χ1) is 5.31. The highest BCUT2D eigenvalue weighted by atomic mass is 16.5. The third-order valence-corrected chi connectivity index (χ3v) is 3.01. The third-order valence-electron chi connectivity index (χ3n) is 3.01. The molecule has 0 unspecified atom stereocenters. The predicted octanol–water partition coefficient (Wildman–Crippen LogP) is 1.90. The Labute approximate surface area is 74.6 Å². The Morgan fingerprint density at radius 2 is 1.50 bits per heavy atom. The lowest BCUT2D eigenvalue weighted by Gasteiger charge is -2.38. The maximum absolute atomic E-state index is 9.31. The second-order valence-corrected chi connectivity index (χ2v) is 5.12. The summed E-state index contributed by atoms with van der Waals surface area (Å²) in [6.07, 6.45) is 2.96. The molecule has 0 aliphatic heterocycles. The van der Waals surface area contributed by atoms with Crippen LogP contribution in [-0.4, -0.2) is 16.0 Å². The van der Waals surface area contributed by atoms with E-state index in [9.17, 15) is 10.2 Å². The smallest absolute Gasteiger partial charge is 0.162 e. The first-order valence-electron chi connectivity index (χ1n) is 4.76. The van der Waals surface area contributed by atoms with Crippen LogP contribution in [0.25, 0.3) is 0 Å². The second-order valence-electron chi connectivity index (χ2n) is 5.12.